The number of anilines is 1. The van der Waals surface area contributed by atoms with Crippen LogP contribution < -0.4 is 5.32 Å². The van der Waals surface area contributed by atoms with Gasteiger partial charge in [0.2, 0.25) is 0 Å². The summed E-state index contributed by atoms with van der Waals surface area (Å²) in [7, 11) is 0. The van der Waals surface area contributed by atoms with E-state index in [4.69, 9.17) is 9.47 Å². The molecule has 1 aliphatic heterocycles. The van der Waals surface area contributed by atoms with E-state index in [1.54, 1.807) is 6.07 Å². The Labute approximate surface area is 139 Å². The van der Waals surface area contributed by atoms with Gasteiger partial charge in [0.15, 0.2) is 6.61 Å². The lowest BCUT2D eigenvalue weighted by Gasteiger charge is -2.22. The number of ether oxygens (including phenoxy) is 2. The molecule has 6 heteroatoms. The topological polar surface area (TPSA) is 81.7 Å². The Morgan fingerprint density at radius 3 is 2.96 bits per heavy atom. The smallest absolute Gasteiger partial charge is 0.310 e. The van der Waals surface area contributed by atoms with Crippen molar-refractivity contribution in [2.24, 2.45) is 23.7 Å². The Balaban J connectivity index is 1.34. The minimum Gasteiger partial charge on any atom is -0.462 e. The zero-order valence-corrected chi connectivity index (χ0v) is 13.4. The van der Waals surface area contributed by atoms with Gasteiger partial charge in [-0.15, -0.1) is 0 Å². The van der Waals surface area contributed by atoms with E-state index in [0.717, 1.165) is 18.4 Å². The second kappa shape index (κ2) is 5.61. The third-order valence-electron chi connectivity index (χ3n) is 5.40. The standard InChI is InChI=1S/C18H19NO5/c1-9-3-2-4-11(5-9)19-14(20)8-23-17(21)15-10-6-12-13(7-10)24-18(22)16(12)15/h2-5,10,12-13,15-16H,6-8H2,1H3,(H,19,20)/t10-,12-,13+,15+,16-/m0/s1. The highest BCUT2D eigenvalue weighted by molar-refractivity contribution is 5.93. The molecule has 3 fully saturated rings. The normalized spacial score (nSPS) is 32.5. The number of rotatable bonds is 4. The highest BCUT2D eigenvalue weighted by atomic mass is 16.6. The fourth-order valence-electron chi connectivity index (χ4n) is 4.48. The van der Waals surface area contributed by atoms with Crippen molar-refractivity contribution in [2.75, 3.05) is 11.9 Å². The molecule has 4 rings (SSSR count). The summed E-state index contributed by atoms with van der Waals surface area (Å²) in [4.78, 5) is 36.2. The molecule has 0 spiro atoms. The molecule has 2 aliphatic carbocycles. The molecule has 0 radical (unpaired) electrons. The molecule has 5 atom stereocenters. The van der Waals surface area contributed by atoms with E-state index in [1.807, 2.05) is 25.1 Å². The number of aryl methyl sites for hydroxylation is 1. The van der Waals surface area contributed by atoms with Crippen molar-refractivity contribution in [3.8, 4) is 0 Å². The fourth-order valence-corrected chi connectivity index (χ4v) is 4.48. The van der Waals surface area contributed by atoms with Crippen molar-refractivity contribution < 1.29 is 23.9 Å². The molecule has 2 saturated carbocycles. The number of carbonyl (C=O) groups is 3. The summed E-state index contributed by atoms with van der Waals surface area (Å²) < 4.78 is 10.5. The van der Waals surface area contributed by atoms with Gasteiger partial charge in [0.1, 0.15) is 6.10 Å². The minimum absolute atomic E-state index is 0.0128. The zero-order chi connectivity index (χ0) is 16.8. The van der Waals surface area contributed by atoms with Gasteiger partial charge in [-0.05, 0) is 43.4 Å². The monoisotopic (exact) mass is 329 g/mol. The Bertz CT molecular complexity index is 713. The first-order valence-corrected chi connectivity index (χ1v) is 8.26. The van der Waals surface area contributed by atoms with E-state index in [0.29, 0.717) is 5.69 Å². The first-order chi connectivity index (χ1) is 11.5. The van der Waals surface area contributed by atoms with Gasteiger partial charge in [0.05, 0.1) is 11.8 Å². The Morgan fingerprint density at radius 2 is 2.17 bits per heavy atom. The van der Waals surface area contributed by atoms with Crippen LogP contribution in [0.5, 0.6) is 0 Å². The third-order valence-corrected chi connectivity index (χ3v) is 5.40. The van der Waals surface area contributed by atoms with Crippen LogP contribution in [0.1, 0.15) is 18.4 Å². The van der Waals surface area contributed by atoms with Crippen LogP contribution in [0.4, 0.5) is 5.69 Å². The number of hydrogen-bond acceptors (Lipinski definition) is 5. The van der Waals surface area contributed by atoms with Crippen LogP contribution >= 0.6 is 0 Å². The van der Waals surface area contributed by atoms with Crippen LogP contribution in [-0.2, 0) is 23.9 Å². The molecule has 3 aliphatic rings. The van der Waals surface area contributed by atoms with E-state index in [2.05, 4.69) is 5.32 Å². The molecule has 1 amide bonds. The number of benzene rings is 1. The summed E-state index contributed by atoms with van der Waals surface area (Å²) >= 11 is 0. The van der Waals surface area contributed by atoms with Crippen LogP contribution in [0.2, 0.25) is 0 Å². The molecule has 0 unspecified atom stereocenters. The van der Waals surface area contributed by atoms with Crippen LogP contribution in [0, 0.1) is 30.6 Å². The van der Waals surface area contributed by atoms with Crippen molar-refractivity contribution in [3.63, 3.8) is 0 Å². The summed E-state index contributed by atoms with van der Waals surface area (Å²) in [6.45, 7) is 1.59. The van der Waals surface area contributed by atoms with Crippen molar-refractivity contribution >= 4 is 23.5 Å². The molecule has 1 heterocycles. The van der Waals surface area contributed by atoms with E-state index < -0.39 is 11.9 Å². The maximum absolute atomic E-state index is 12.4. The lowest BCUT2D eigenvalue weighted by atomic mass is 9.80. The zero-order valence-electron chi connectivity index (χ0n) is 13.4. The van der Waals surface area contributed by atoms with Gasteiger partial charge in [0.25, 0.3) is 5.91 Å². The molecule has 126 valence electrons. The summed E-state index contributed by atoms with van der Waals surface area (Å²) in [5.74, 6) is -1.65. The van der Waals surface area contributed by atoms with Gasteiger partial charge in [-0.1, -0.05) is 12.1 Å². The molecular formula is C18H19NO5. The molecular weight excluding hydrogens is 310 g/mol. The largest absolute Gasteiger partial charge is 0.462 e. The van der Waals surface area contributed by atoms with Gasteiger partial charge in [-0.25, -0.2) is 0 Å². The Morgan fingerprint density at radius 1 is 1.33 bits per heavy atom. The highest BCUT2D eigenvalue weighted by Crippen LogP contribution is 2.57. The first-order valence-electron chi connectivity index (χ1n) is 8.26. The molecule has 1 aromatic carbocycles. The van der Waals surface area contributed by atoms with Gasteiger partial charge in [-0.3, -0.25) is 14.4 Å². The number of carbonyl (C=O) groups excluding carboxylic acids is 3. The highest BCUT2D eigenvalue weighted by Gasteiger charge is 2.64. The van der Waals surface area contributed by atoms with E-state index in [9.17, 15) is 14.4 Å². The van der Waals surface area contributed by atoms with Crippen LogP contribution in [0.15, 0.2) is 24.3 Å². The van der Waals surface area contributed by atoms with Crippen LogP contribution in [0.25, 0.3) is 0 Å². The predicted octanol–water partition coefficient (Wildman–Crippen LogP) is 1.67. The second-order valence-corrected chi connectivity index (χ2v) is 6.95. The van der Waals surface area contributed by atoms with E-state index in [1.165, 1.54) is 0 Å². The van der Waals surface area contributed by atoms with Crippen molar-refractivity contribution in [2.45, 2.75) is 25.9 Å². The van der Waals surface area contributed by atoms with Crippen LogP contribution in [0.3, 0.4) is 0 Å². The Kier molecular flexibility index (Phi) is 3.55. The maximum atomic E-state index is 12.4. The number of fused-ring (bicyclic) bond motifs is 1. The Hall–Kier alpha value is -2.37. The van der Waals surface area contributed by atoms with Crippen molar-refractivity contribution in [1.29, 1.82) is 0 Å². The number of nitrogens with one attached hydrogen (secondary N) is 1. The molecule has 6 nitrogen and oxygen atoms in total. The van der Waals surface area contributed by atoms with E-state index in [-0.39, 0.29) is 42.3 Å². The van der Waals surface area contributed by atoms with Gasteiger partial charge in [0, 0.05) is 11.6 Å². The number of hydrogen-bond donors (Lipinski definition) is 1. The molecule has 24 heavy (non-hydrogen) atoms. The molecule has 1 N–H and O–H groups in total. The number of esters is 2. The second-order valence-electron chi connectivity index (χ2n) is 6.95. The molecule has 0 aromatic heterocycles. The number of amides is 1. The lowest BCUT2D eigenvalue weighted by Crippen LogP contribution is -2.34. The molecule has 2 bridgehead atoms. The minimum atomic E-state index is -0.454. The van der Waals surface area contributed by atoms with Gasteiger partial charge >= 0.3 is 11.9 Å². The van der Waals surface area contributed by atoms with Gasteiger partial charge < -0.3 is 14.8 Å². The van der Waals surface area contributed by atoms with Crippen LogP contribution in [-0.4, -0.2) is 30.6 Å². The summed E-state index contributed by atoms with van der Waals surface area (Å²) in [5.41, 5.74) is 1.69. The molecule has 1 saturated heterocycles. The van der Waals surface area contributed by atoms with Gasteiger partial charge in [-0.2, -0.15) is 0 Å². The SMILES string of the molecule is Cc1cccc(NC(=O)COC(=O)[C@@H]2[C@H]3C[C@@H]4[C@@H]2C(=O)O[C@@H]4C3)c1. The average molecular weight is 329 g/mol. The van der Waals surface area contributed by atoms with Crippen molar-refractivity contribution in [3.05, 3.63) is 29.8 Å². The molecule has 1 aromatic rings. The fraction of sp³-hybridized carbons (Fsp3) is 0.500. The maximum Gasteiger partial charge on any atom is 0.310 e. The summed E-state index contributed by atoms with van der Waals surface area (Å²) in [6, 6.07) is 7.38. The third kappa shape index (κ3) is 2.46. The van der Waals surface area contributed by atoms with Crippen molar-refractivity contribution in [1.82, 2.24) is 0 Å². The summed E-state index contributed by atoms with van der Waals surface area (Å²) in [6.07, 6.45) is 1.57. The lowest BCUT2D eigenvalue weighted by molar-refractivity contribution is -0.157. The van der Waals surface area contributed by atoms with E-state index >= 15 is 0 Å². The first kappa shape index (κ1) is 15.2. The quantitative estimate of drug-likeness (QED) is 0.850. The predicted molar refractivity (Wildman–Crippen MR) is 83.8 cm³/mol. The average Bonchev–Trinajstić information content (AvgIpc) is 3.14. The summed E-state index contributed by atoms with van der Waals surface area (Å²) in [5, 5.41) is 2.70.